The van der Waals surface area contributed by atoms with Crippen LogP contribution in [0.4, 0.5) is 0 Å². The van der Waals surface area contributed by atoms with E-state index in [1.807, 2.05) is 11.8 Å². The van der Waals surface area contributed by atoms with Crippen molar-refractivity contribution in [2.45, 2.75) is 11.4 Å². The first-order valence-corrected chi connectivity index (χ1v) is 8.37. The Morgan fingerprint density at radius 2 is 1.73 bits per heavy atom. The van der Waals surface area contributed by atoms with Gasteiger partial charge in [-0.25, -0.2) is 0 Å². The fourth-order valence-electron chi connectivity index (χ4n) is 2.76. The van der Waals surface area contributed by atoms with E-state index in [4.69, 9.17) is 4.99 Å². The molecule has 0 aliphatic carbocycles. The van der Waals surface area contributed by atoms with Crippen LogP contribution in [0.15, 0.2) is 82.8 Å². The molecule has 0 bridgehead atoms. The summed E-state index contributed by atoms with van der Waals surface area (Å²) >= 11 is 1.84. The number of benzene rings is 2. The lowest BCUT2D eigenvalue weighted by molar-refractivity contribution is 1.02. The van der Waals surface area contributed by atoms with Crippen LogP contribution in [-0.4, -0.2) is 16.0 Å². The van der Waals surface area contributed by atoms with E-state index in [2.05, 4.69) is 77.5 Å². The molecule has 4 rings (SSSR count). The van der Waals surface area contributed by atoms with E-state index in [1.54, 1.807) is 0 Å². The molecule has 22 heavy (non-hydrogen) atoms. The van der Waals surface area contributed by atoms with Gasteiger partial charge in [0, 0.05) is 16.8 Å². The number of aliphatic imine (C=N–C) groups is 1. The molecule has 0 N–H and O–H groups in total. The maximum absolute atomic E-state index is 4.87. The van der Waals surface area contributed by atoms with Gasteiger partial charge in [0.1, 0.15) is 0 Å². The topological polar surface area (TPSA) is 17.3 Å². The van der Waals surface area contributed by atoms with Gasteiger partial charge in [0.15, 0.2) is 0 Å². The van der Waals surface area contributed by atoms with E-state index in [0.717, 1.165) is 18.0 Å². The summed E-state index contributed by atoms with van der Waals surface area (Å²) in [5, 5.41) is 0. The van der Waals surface area contributed by atoms with Crippen LogP contribution < -0.4 is 0 Å². The molecule has 108 valence electrons. The van der Waals surface area contributed by atoms with Crippen molar-refractivity contribution >= 4 is 17.5 Å². The van der Waals surface area contributed by atoms with Gasteiger partial charge >= 0.3 is 0 Å². The van der Waals surface area contributed by atoms with Gasteiger partial charge in [-0.2, -0.15) is 0 Å². The normalized spacial score (nSPS) is 13.0. The zero-order chi connectivity index (χ0) is 14.8. The number of fused-ring (bicyclic) bond motifs is 3. The highest BCUT2D eigenvalue weighted by Crippen LogP contribution is 2.25. The molecule has 0 amide bonds. The third-order valence-electron chi connectivity index (χ3n) is 3.85. The first-order valence-electron chi connectivity index (χ1n) is 7.39. The van der Waals surface area contributed by atoms with Gasteiger partial charge < -0.3 is 4.57 Å². The van der Waals surface area contributed by atoms with Gasteiger partial charge in [0.2, 0.25) is 0 Å². The predicted molar refractivity (Wildman–Crippen MR) is 93.2 cm³/mol. The summed E-state index contributed by atoms with van der Waals surface area (Å²) in [6.45, 7) is 0.753. The molecule has 0 spiro atoms. The number of thioether (sulfide) groups is 1. The monoisotopic (exact) mass is 304 g/mol. The molecule has 0 saturated heterocycles. The summed E-state index contributed by atoms with van der Waals surface area (Å²) in [5.74, 6) is 0.891. The molecule has 0 saturated carbocycles. The Morgan fingerprint density at radius 1 is 0.909 bits per heavy atom. The van der Waals surface area contributed by atoms with E-state index in [-0.39, 0.29) is 0 Å². The van der Waals surface area contributed by atoms with Gasteiger partial charge in [0.25, 0.3) is 0 Å². The lowest BCUT2D eigenvalue weighted by Gasteiger charge is -2.10. The van der Waals surface area contributed by atoms with Crippen molar-refractivity contribution in [1.29, 1.82) is 0 Å². The predicted octanol–water partition coefficient (Wildman–Crippen LogP) is 4.57. The van der Waals surface area contributed by atoms with E-state index in [0.29, 0.717) is 0 Å². The number of rotatable bonds is 3. The maximum atomic E-state index is 4.87. The number of para-hydroxylation sites is 1. The molecule has 1 aliphatic rings. The average Bonchev–Trinajstić information content (AvgIpc) is 3.00. The summed E-state index contributed by atoms with van der Waals surface area (Å²) < 4.78 is 2.26. The number of nitrogens with zero attached hydrogens (tertiary/aromatic N) is 2. The number of aromatic nitrogens is 1. The van der Waals surface area contributed by atoms with Crippen LogP contribution >= 0.6 is 11.8 Å². The quantitative estimate of drug-likeness (QED) is 0.648. The second-order valence-corrected chi connectivity index (χ2v) is 6.31. The summed E-state index contributed by atoms with van der Waals surface area (Å²) in [6, 6.07) is 23.3. The van der Waals surface area contributed by atoms with Crippen molar-refractivity contribution in [3.8, 4) is 5.69 Å². The maximum Gasteiger partial charge on any atom is 0.0695 e. The van der Waals surface area contributed by atoms with Gasteiger partial charge in [-0.3, -0.25) is 4.99 Å². The molecule has 3 aromatic rings. The minimum Gasteiger partial charge on any atom is -0.315 e. The van der Waals surface area contributed by atoms with Crippen LogP contribution in [0, 0.1) is 0 Å². The fourth-order valence-corrected chi connectivity index (χ4v) is 3.65. The molecular formula is C19H16N2S. The third kappa shape index (κ3) is 2.48. The van der Waals surface area contributed by atoms with Crippen LogP contribution in [-0.2, 0) is 6.54 Å². The van der Waals surface area contributed by atoms with Crippen molar-refractivity contribution in [2.75, 3.05) is 5.75 Å². The second-order valence-electron chi connectivity index (χ2n) is 5.26. The zero-order valence-corrected chi connectivity index (χ0v) is 13.0. The van der Waals surface area contributed by atoms with Crippen LogP contribution in [0.25, 0.3) is 5.69 Å². The summed E-state index contributed by atoms with van der Waals surface area (Å²) in [6.07, 6.45) is 2.13. The van der Waals surface area contributed by atoms with Gasteiger partial charge in [-0.15, -0.1) is 11.8 Å². The van der Waals surface area contributed by atoms with Crippen LogP contribution in [0.2, 0.25) is 0 Å². The molecule has 0 fully saturated rings. The largest absolute Gasteiger partial charge is 0.315 e. The Labute approximate surface area is 134 Å². The van der Waals surface area contributed by atoms with Gasteiger partial charge in [-0.1, -0.05) is 36.4 Å². The summed E-state index contributed by atoms with van der Waals surface area (Å²) in [4.78, 5) is 6.15. The molecule has 2 heterocycles. The van der Waals surface area contributed by atoms with Crippen molar-refractivity contribution in [3.05, 3.63) is 84.2 Å². The lowest BCUT2D eigenvalue weighted by Crippen LogP contribution is -2.09. The standard InChI is InChI=1S/C19H16N2S/c1-2-8-16(9-3-1)22-14-17-19-11-6-12-21(19)18-10-5-4-7-15(18)13-20-17/h1-12H,13-14H2. The SMILES string of the molecule is c1ccc(SCC2=NCc3ccccc3-n3cccc32)cc1. The first-order chi connectivity index (χ1) is 10.9. The van der Waals surface area contributed by atoms with Crippen LogP contribution in [0.1, 0.15) is 11.3 Å². The Balaban J connectivity index is 1.66. The van der Waals surface area contributed by atoms with E-state index >= 15 is 0 Å². The Kier molecular flexibility index (Phi) is 3.57. The first kappa shape index (κ1) is 13.4. The van der Waals surface area contributed by atoms with Gasteiger partial charge in [-0.05, 0) is 35.9 Å². The van der Waals surface area contributed by atoms with Gasteiger partial charge in [0.05, 0.1) is 23.6 Å². The zero-order valence-electron chi connectivity index (χ0n) is 12.1. The average molecular weight is 304 g/mol. The van der Waals surface area contributed by atoms with E-state index in [1.165, 1.54) is 21.8 Å². The minimum atomic E-state index is 0.753. The smallest absolute Gasteiger partial charge is 0.0695 e. The summed E-state index contributed by atoms with van der Waals surface area (Å²) in [7, 11) is 0. The lowest BCUT2D eigenvalue weighted by atomic mass is 10.2. The van der Waals surface area contributed by atoms with Crippen molar-refractivity contribution in [2.24, 2.45) is 4.99 Å². The number of hydrogen-bond acceptors (Lipinski definition) is 2. The highest BCUT2D eigenvalue weighted by Gasteiger charge is 2.16. The molecule has 1 aliphatic heterocycles. The Hall–Kier alpha value is -2.26. The van der Waals surface area contributed by atoms with E-state index < -0.39 is 0 Å². The Bertz CT molecular complexity index is 818. The molecule has 2 aromatic carbocycles. The van der Waals surface area contributed by atoms with Crippen molar-refractivity contribution < 1.29 is 0 Å². The van der Waals surface area contributed by atoms with Crippen LogP contribution in [0.3, 0.4) is 0 Å². The van der Waals surface area contributed by atoms with Crippen molar-refractivity contribution in [1.82, 2.24) is 4.57 Å². The highest BCUT2D eigenvalue weighted by atomic mass is 32.2. The molecule has 3 heteroatoms. The minimum absolute atomic E-state index is 0.753. The highest BCUT2D eigenvalue weighted by molar-refractivity contribution is 8.00. The van der Waals surface area contributed by atoms with Crippen molar-refractivity contribution in [3.63, 3.8) is 0 Å². The fraction of sp³-hybridized carbons (Fsp3) is 0.105. The molecule has 2 nitrogen and oxygen atoms in total. The second kappa shape index (κ2) is 5.85. The summed E-state index contributed by atoms with van der Waals surface area (Å²) in [5.41, 5.74) is 4.88. The molecule has 0 radical (unpaired) electrons. The Morgan fingerprint density at radius 3 is 2.64 bits per heavy atom. The molecule has 0 atom stereocenters. The third-order valence-corrected chi connectivity index (χ3v) is 4.88. The molecular weight excluding hydrogens is 288 g/mol. The molecule has 1 aromatic heterocycles. The van der Waals surface area contributed by atoms with Crippen LogP contribution in [0.5, 0.6) is 0 Å². The molecule has 0 unspecified atom stereocenters. The van der Waals surface area contributed by atoms with E-state index in [9.17, 15) is 0 Å². The number of hydrogen-bond donors (Lipinski definition) is 0.